The summed E-state index contributed by atoms with van der Waals surface area (Å²) in [5, 5.41) is 6.49. The highest BCUT2D eigenvalue weighted by Gasteiger charge is 2.03. The molecule has 0 fully saturated rings. The second kappa shape index (κ2) is 6.29. The number of hydrogen-bond acceptors (Lipinski definition) is 1. The van der Waals surface area contributed by atoms with Crippen molar-refractivity contribution in [1.29, 1.82) is 0 Å². The van der Waals surface area contributed by atoms with E-state index in [2.05, 4.69) is 33.2 Å². The van der Waals surface area contributed by atoms with Crippen LogP contribution in [0.5, 0.6) is 0 Å². The molecule has 0 radical (unpaired) electrons. The molecule has 0 saturated carbocycles. The number of nitrogens with one attached hydrogen (secondary N) is 2. The quantitative estimate of drug-likeness (QED) is 0.585. The van der Waals surface area contributed by atoms with E-state index < -0.39 is 0 Å². The second-order valence-electron chi connectivity index (χ2n) is 4.05. The van der Waals surface area contributed by atoms with Crippen LogP contribution in [0.4, 0.5) is 15.8 Å². The molecule has 2 aromatic rings. The van der Waals surface area contributed by atoms with Crippen LogP contribution in [-0.4, -0.2) is 5.11 Å². The van der Waals surface area contributed by atoms with E-state index in [1.165, 1.54) is 12.1 Å². The summed E-state index contributed by atoms with van der Waals surface area (Å²) in [7, 11) is 0. The highest BCUT2D eigenvalue weighted by atomic mass is 127. The minimum atomic E-state index is -0.287. The molecule has 0 unspecified atom stereocenters. The van der Waals surface area contributed by atoms with Crippen molar-refractivity contribution < 1.29 is 4.39 Å². The molecule has 0 aromatic heterocycles. The minimum absolute atomic E-state index is 0.287. The average molecular weight is 386 g/mol. The van der Waals surface area contributed by atoms with Crippen LogP contribution in [0.3, 0.4) is 0 Å². The molecule has 0 aliphatic carbocycles. The van der Waals surface area contributed by atoms with Crippen LogP contribution in [0.25, 0.3) is 0 Å². The molecule has 2 N–H and O–H groups in total. The van der Waals surface area contributed by atoms with Gasteiger partial charge >= 0.3 is 0 Å². The third-order valence-electron chi connectivity index (χ3n) is 2.55. The maximum atomic E-state index is 13.2. The van der Waals surface area contributed by atoms with Gasteiger partial charge in [0, 0.05) is 14.9 Å². The number of rotatable bonds is 2. The fourth-order valence-electron chi connectivity index (χ4n) is 1.55. The Kier molecular flexibility index (Phi) is 4.71. The summed E-state index contributed by atoms with van der Waals surface area (Å²) in [4.78, 5) is 0. The number of aryl methyl sites for hydroxylation is 1. The molecule has 19 heavy (non-hydrogen) atoms. The molecule has 0 aliphatic heterocycles. The van der Waals surface area contributed by atoms with Crippen molar-refractivity contribution in [3.05, 3.63) is 57.4 Å². The summed E-state index contributed by atoms with van der Waals surface area (Å²) in [6.45, 7) is 1.90. The molecular formula is C14H12FIN2S. The van der Waals surface area contributed by atoms with Gasteiger partial charge in [-0.1, -0.05) is 6.07 Å². The van der Waals surface area contributed by atoms with Crippen molar-refractivity contribution in [2.75, 3.05) is 10.6 Å². The monoisotopic (exact) mass is 386 g/mol. The number of benzene rings is 2. The fourth-order valence-corrected chi connectivity index (χ4v) is 2.13. The van der Waals surface area contributed by atoms with Crippen LogP contribution in [0.15, 0.2) is 42.5 Å². The summed E-state index contributed by atoms with van der Waals surface area (Å²) >= 11 is 7.45. The lowest BCUT2D eigenvalue weighted by Gasteiger charge is -2.12. The number of thiocarbonyl (C=S) groups is 1. The zero-order chi connectivity index (χ0) is 13.8. The second-order valence-corrected chi connectivity index (χ2v) is 5.70. The molecule has 0 spiro atoms. The molecule has 2 aromatic carbocycles. The fraction of sp³-hybridized carbons (Fsp3) is 0.0714. The lowest BCUT2D eigenvalue weighted by molar-refractivity contribution is 0.628. The molecule has 98 valence electrons. The highest BCUT2D eigenvalue weighted by molar-refractivity contribution is 14.1. The Morgan fingerprint density at radius 2 is 1.79 bits per heavy atom. The van der Waals surface area contributed by atoms with E-state index in [1.807, 2.05) is 31.2 Å². The van der Waals surface area contributed by atoms with Gasteiger partial charge in [0.2, 0.25) is 0 Å². The van der Waals surface area contributed by atoms with Crippen molar-refractivity contribution >= 4 is 51.3 Å². The van der Waals surface area contributed by atoms with Gasteiger partial charge in [0.15, 0.2) is 5.11 Å². The minimum Gasteiger partial charge on any atom is -0.332 e. The third-order valence-corrected chi connectivity index (χ3v) is 3.47. The van der Waals surface area contributed by atoms with Crippen molar-refractivity contribution in [3.63, 3.8) is 0 Å². The predicted molar refractivity (Wildman–Crippen MR) is 90.1 cm³/mol. The van der Waals surface area contributed by atoms with Crippen LogP contribution in [0, 0.1) is 16.3 Å². The van der Waals surface area contributed by atoms with Crippen LogP contribution >= 0.6 is 34.8 Å². The predicted octanol–water partition coefficient (Wildman–Crippen LogP) is 4.55. The molecule has 0 bridgehead atoms. The first-order chi connectivity index (χ1) is 9.04. The lowest BCUT2D eigenvalue weighted by Crippen LogP contribution is -2.19. The maximum absolute atomic E-state index is 13.2. The van der Waals surface area contributed by atoms with E-state index in [4.69, 9.17) is 12.2 Å². The zero-order valence-electron chi connectivity index (χ0n) is 10.2. The SMILES string of the molecule is Cc1ccc(F)cc1NC(=S)Nc1ccc(I)cc1. The zero-order valence-corrected chi connectivity index (χ0v) is 13.2. The Balaban J connectivity index is 2.05. The van der Waals surface area contributed by atoms with Gasteiger partial charge in [-0.15, -0.1) is 0 Å². The Morgan fingerprint density at radius 3 is 2.47 bits per heavy atom. The van der Waals surface area contributed by atoms with Crippen LogP contribution in [-0.2, 0) is 0 Å². The Hall–Kier alpha value is -1.21. The van der Waals surface area contributed by atoms with Gasteiger partial charge in [-0.3, -0.25) is 0 Å². The van der Waals surface area contributed by atoms with Gasteiger partial charge in [-0.2, -0.15) is 0 Å². The summed E-state index contributed by atoms with van der Waals surface area (Å²) in [6, 6.07) is 12.4. The van der Waals surface area contributed by atoms with Gasteiger partial charge in [-0.25, -0.2) is 4.39 Å². The van der Waals surface area contributed by atoms with Crippen molar-refractivity contribution in [3.8, 4) is 0 Å². The van der Waals surface area contributed by atoms with E-state index in [1.54, 1.807) is 6.07 Å². The summed E-state index contributed by atoms with van der Waals surface area (Å²) in [5.41, 5.74) is 2.50. The molecule has 0 saturated heterocycles. The Morgan fingerprint density at radius 1 is 1.11 bits per heavy atom. The largest absolute Gasteiger partial charge is 0.332 e. The van der Waals surface area contributed by atoms with Gasteiger partial charge in [-0.05, 0) is 83.7 Å². The Labute approximate surface area is 130 Å². The molecule has 0 heterocycles. The van der Waals surface area contributed by atoms with E-state index in [0.717, 1.165) is 14.8 Å². The molecule has 2 nitrogen and oxygen atoms in total. The molecule has 0 atom stereocenters. The van der Waals surface area contributed by atoms with Crippen molar-refractivity contribution in [1.82, 2.24) is 0 Å². The first kappa shape index (κ1) is 14.2. The van der Waals surface area contributed by atoms with Crippen molar-refractivity contribution in [2.45, 2.75) is 6.92 Å². The van der Waals surface area contributed by atoms with E-state index in [-0.39, 0.29) is 5.82 Å². The summed E-state index contributed by atoms with van der Waals surface area (Å²) in [6.07, 6.45) is 0. The molecular weight excluding hydrogens is 374 g/mol. The van der Waals surface area contributed by atoms with Gasteiger partial charge < -0.3 is 10.6 Å². The highest BCUT2D eigenvalue weighted by Crippen LogP contribution is 2.17. The van der Waals surface area contributed by atoms with Crippen LogP contribution in [0.1, 0.15) is 5.56 Å². The summed E-state index contributed by atoms with van der Waals surface area (Å²) < 4.78 is 14.3. The lowest BCUT2D eigenvalue weighted by atomic mass is 10.2. The molecule has 2 rings (SSSR count). The maximum Gasteiger partial charge on any atom is 0.175 e. The smallest absolute Gasteiger partial charge is 0.175 e. The topological polar surface area (TPSA) is 24.1 Å². The van der Waals surface area contributed by atoms with E-state index in [9.17, 15) is 4.39 Å². The van der Waals surface area contributed by atoms with Crippen LogP contribution < -0.4 is 10.6 Å². The number of halogens is 2. The van der Waals surface area contributed by atoms with E-state index in [0.29, 0.717) is 10.8 Å². The standard InChI is InChI=1S/C14H12FIN2S/c1-9-2-3-10(15)8-13(9)18-14(19)17-12-6-4-11(16)5-7-12/h2-8H,1H3,(H2,17,18,19). The first-order valence-corrected chi connectivity index (χ1v) is 7.13. The van der Waals surface area contributed by atoms with Gasteiger partial charge in [0.1, 0.15) is 5.82 Å². The Bertz CT molecular complexity index is 599. The normalized spacial score (nSPS) is 10.1. The van der Waals surface area contributed by atoms with Gasteiger partial charge in [0.05, 0.1) is 0 Å². The van der Waals surface area contributed by atoms with Crippen LogP contribution in [0.2, 0.25) is 0 Å². The number of hydrogen-bond donors (Lipinski definition) is 2. The van der Waals surface area contributed by atoms with E-state index >= 15 is 0 Å². The molecule has 5 heteroatoms. The molecule has 0 amide bonds. The third kappa shape index (κ3) is 4.14. The van der Waals surface area contributed by atoms with Crippen molar-refractivity contribution in [2.24, 2.45) is 0 Å². The van der Waals surface area contributed by atoms with Gasteiger partial charge in [0.25, 0.3) is 0 Å². The number of anilines is 2. The molecule has 0 aliphatic rings. The summed E-state index contributed by atoms with van der Waals surface area (Å²) in [5.74, 6) is -0.287. The average Bonchev–Trinajstić information content (AvgIpc) is 2.37. The first-order valence-electron chi connectivity index (χ1n) is 5.64.